The van der Waals surface area contributed by atoms with Crippen LogP contribution in [0, 0.1) is 13.8 Å². The lowest BCUT2D eigenvalue weighted by Gasteiger charge is -2.14. The molecule has 124 valence electrons. The van der Waals surface area contributed by atoms with Gasteiger partial charge in [0.15, 0.2) is 0 Å². The van der Waals surface area contributed by atoms with Crippen LogP contribution in [0.15, 0.2) is 24.8 Å². The Kier molecular flexibility index (Phi) is 6.20. The SMILES string of the molecule is C=CC(=O)NC/C=C/C(=O)NCc1c(O)c(C)c(O)c(C)c1O. The van der Waals surface area contributed by atoms with Gasteiger partial charge in [0.25, 0.3) is 0 Å². The highest BCUT2D eigenvalue weighted by Crippen LogP contribution is 2.40. The lowest BCUT2D eigenvalue weighted by Crippen LogP contribution is -2.23. The van der Waals surface area contributed by atoms with Gasteiger partial charge in [0.05, 0.1) is 12.1 Å². The second-order valence-electron chi connectivity index (χ2n) is 4.84. The molecule has 0 aliphatic carbocycles. The van der Waals surface area contributed by atoms with Crippen LogP contribution in [-0.4, -0.2) is 33.7 Å². The quantitative estimate of drug-likeness (QED) is 0.499. The molecule has 0 spiro atoms. The molecule has 0 unspecified atom stereocenters. The van der Waals surface area contributed by atoms with Gasteiger partial charge in [0.1, 0.15) is 17.2 Å². The van der Waals surface area contributed by atoms with E-state index in [0.717, 1.165) is 6.08 Å². The van der Waals surface area contributed by atoms with Gasteiger partial charge < -0.3 is 26.0 Å². The summed E-state index contributed by atoms with van der Waals surface area (Å²) >= 11 is 0. The topological polar surface area (TPSA) is 119 Å². The van der Waals surface area contributed by atoms with Crippen molar-refractivity contribution in [3.63, 3.8) is 0 Å². The Bertz CT molecular complexity index is 636. The zero-order valence-corrected chi connectivity index (χ0v) is 13.0. The molecule has 1 aromatic carbocycles. The predicted octanol–water partition coefficient (Wildman–Crippen LogP) is 0.895. The molecule has 0 saturated heterocycles. The van der Waals surface area contributed by atoms with Crippen molar-refractivity contribution in [3.8, 4) is 17.2 Å². The van der Waals surface area contributed by atoms with Gasteiger partial charge in [0, 0.05) is 23.7 Å². The van der Waals surface area contributed by atoms with E-state index in [-0.39, 0.29) is 52.9 Å². The highest BCUT2D eigenvalue weighted by atomic mass is 16.3. The molecule has 23 heavy (non-hydrogen) atoms. The summed E-state index contributed by atoms with van der Waals surface area (Å²) in [6.45, 7) is 6.37. The van der Waals surface area contributed by atoms with Gasteiger partial charge in [-0.15, -0.1) is 0 Å². The first-order valence-corrected chi connectivity index (χ1v) is 6.87. The first-order valence-electron chi connectivity index (χ1n) is 6.87. The van der Waals surface area contributed by atoms with Crippen LogP contribution in [0.4, 0.5) is 0 Å². The van der Waals surface area contributed by atoms with E-state index in [1.165, 1.54) is 26.0 Å². The van der Waals surface area contributed by atoms with Crippen LogP contribution >= 0.6 is 0 Å². The third kappa shape index (κ3) is 4.50. The van der Waals surface area contributed by atoms with Gasteiger partial charge in [0.2, 0.25) is 11.8 Å². The molecule has 0 fully saturated rings. The van der Waals surface area contributed by atoms with Gasteiger partial charge >= 0.3 is 0 Å². The number of hydrogen-bond acceptors (Lipinski definition) is 5. The van der Waals surface area contributed by atoms with E-state index >= 15 is 0 Å². The number of carbonyl (C=O) groups is 2. The van der Waals surface area contributed by atoms with Crippen molar-refractivity contribution >= 4 is 11.8 Å². The Labute approximate surface area is 134 Å². The number of aromatic hydroxyl groups is 3. The number of rotatable bonds is 6. The van der Waals surface area contributed by atoms with E-state index in [2.05, 4.69) is 17.2 Å². The molecule has 0 aliphatic rings. The summed E-state index contributed by atoms with van der Waals surface area (Å²) in [7, 11) is 0. The fourth-order valence-corrected chi connectivity index (χ4v) is 1.87. The molecule has 0 bridgehead atoms. The second kappa shape index (κ2) is 7.88. The van der Waals surface area contributed by atoms with Gasteiger partial charge in [-0.2, -0.15) is 0 Å². The summed E-state index contributed by atoms with van der Waals surface area (Å²) in [5, 5.41) is 34.6. The molecule has 0 aliphatic heterocycles. The van der Waals surface area contributed by atoms with E-state index in [9.17, 15) is 24.9 Å². The van der Waals surface area contributed by atoms with E-state index < -0.39 is 5.91 Å². The summed E-state index contributed by atoms with van der Waals surface area (Å²) in [6.07, 6.45) is 3.79. The highest BCUT2D eigenvalue weighted by Gasteiger charge is 2.18. The molecule has 2 amide bonds. The molecule has 7 nitrogen and oxygen atoms in total. The van der Waals surface area contributed by atoms with Crippen LogP contribution < -0.4 is 10.6 Å². The third-order valence-corrected chi connectivity index (χ3v) is 3.28. The van der Waals surface area contributed by atoms with Crippen LogP contribution in [0.2, 0.25) is 0 Å². The summed E-state index contributed by atoms with van der Waals surface area (Å²) in [6, 6.07) is 0. The number of amides is 2. The normalized spacial score (nSPS) is 10.5. The van der Waals surface area contributed by atoms with E-state index in [0.29, 0.717) is 0 Å². The number of hydrogen-bond donors (Lipinski definition) is 5. The first kappa shape index (κ1) is 18.1. The molecule has 0 heterocycles. The van der Waals surface area contributed by atoms with Crippen molar-refractivity contribution in [3.05, 3.63) is 41.5 Å². The Morgan fingerprint density at radius 2 is 1.57 bits per heavy atom. The number of phenolic OH excluding ortho intramolecular Hbond substituents is 3. The zero-order chi connectivity index (χ0) is 17.6. The lowest BCUT2D eigenvalue weighted by atomic mass is 10.0. The molecule has 7 heteroatoms. The smallest absolute Gasteiger partial charge is 0.243 e. The van der Waals surface area contributed by atoms with Crippen LogP contribution in [0.25, 0.3) is 0 Å². The minimum atomic E-state index is -0.458. The predicted molar refractivity (Wildman–Crippen MR) is 85.1 cm³/mol. The van der Waals surface area contributed by atoms with Crippen LogP contribution in [0.3, 0.4) is 0 Å². The van der Waals surface area contributed by atoms with E-state index in [1.54, 1.807) is 0 Å². The Morgan fingerprint density at radius 1 is 1.00 bits per heavy atom. The largest absolute Gasteiger partial charge is 0.507 e. The average molecular weight is 320 g/mol. The second-order valence-corrected chi connectivity index (χ2v) is 4.84. The number of nitrogens with one attached hydrogen (secondary N) is 2. The van der Waals surface area contributed by atoms with Gasteiger partial charge in [-0.3, -0.25) is 9.59 Å². The minimum absolute atomic E-state index is 0.109. The first-order chi connectivity index (χ1) is 10.8. The van der Waals surface area contributed by atoms with Crippen molar-refractivity contribution in [1.29, 1.82) is 0 Å². The fourth-order valence-electron chi connectivity index (χ4n) is 1.87. The standard InChI is InChI=1S/C16H20N2O5/c1-4-12(19)17-7-5-6-13(20)18-8-11-15(22)9(2)14(21)10(3)16(11)23/h4-6,21-23H,1,7-8H2,2-3H3,(H,17,19)(H,18,20)/b6-5+. The molecular weight excluding hydrogens is 300 g/mol. The summed E-state index contributed by atoms with van der Waals surface area (Å²) < 4.78 is 0. The molecular formula is C16H20N2O5. The van der Waals surface area contributed by atoms with Gasteiger partial charge in [-0.05, 0) is 19.9 Å². The lowest BCUT2D eigenvalue weighted by molar-refractivity contribution is -0.117. The zero-order valence-electron chi connectivity index (χ0n) is 13.0. The number of phenols is 3. The fraction of sp³-hybridized carbons (Fsp3) is 0.250. The van der Waals surface area contributed by atoms with Crippen molar-refractivity contribution < 1.29 is 24.9 Å². The minimum Gasteiger partial charge on any atom is -0.507 e. The maximum absolute atomic E-state index is 11.6. The summed E-state index contributed by atoms with van der Waals surface area (Å²) in [5.41, 5.74) is 0.582. The van der Waals surface area contributed by atoms with Crippen LogP contribution in [0.1, 0.15) is 16.7 Å². The molecule has 1 rings (SSSR count). The maximum atomic E-state index is 11.6. The van der Waals surface area contributed by atoms with Crippen molar-refractivity contribution in [2.24, 2.45) is 0 Å². The third-order valence-electron chi connectivity index (χ3n) is 3.28. The summed E-state index contributed by atoms with van der Waals surface area (Å²) in [5.74, 6) is -1.53. The van der Waals surface area contributed by atoms with Crippen LogP contribution in [0.5, 0.6) is 17.2 Å². The molecule has 0 aromatic heterocycles. The average Bonchev–Trinajstić information content (AvgIpc) is 2.54. The summed E-state index contributed by atoms with van der Waals surface area (Å²) in [4.78, 5) is 22.5. The highest BCUT2D eigenvalue weighted by molar-refractivity contribution is 5.88. The monoisotopic (exact) mass is 320 g/mol. The molecule has 5 N–H and O–H groups in total. The van der Waals surface area contributed by atoms with E-state index in [4.69, 9.17) is 0 Å². The van der Waals surface area contributed by atoms with Crippen molar-refractivity contribution in [2.45, 2.75) is 20.4 Å². The van der Waals surface area contributed by atoms with Gasteiger partial charge in [-0.1, -0.05) is 12.7 Å². The van der Waals surface area contributed by atoms with Gasteiger partial charge in [-0.25, -0.2) is 0 Å². The molecule has 0 saturated carbocycles. The Hall–Kier alpha value is -2.96. The Morgan fingerprint density at radius 3 is 2.09 bits per heavy atom. The molecule has 0 radical (unpaired) electrons. The molecule has 1 aromatic rings. The number of carbonyl (C=O) groups excluding carboxylic acids is 2. The van der Waals surface area contributed by atoms with Crippen molar-refractivity contribution in [2.75, 3.05) is 6.54 Å². The maximum Gasteiger partial charge on any atom is 0.243 e. The molecule has 0 atom stereocenters. The van der Waals surface area contributed by atoms with E-state index in [1.807, 2.05) is 0 Å². The Balaban J connectivity index is 2.69. The number of benzene rings is 1. The van der Waals surface area contributed by atoms with Crippen molar-refractivity contribution in [1.82, 2.24) is 10.6 Å². The van der Waals surface area contributed by atoms with Crippen LogP contribution in [-0.2, 0) is 16.1 Å².